The van der Waals surface area contributed by atoms with Gasteiger partial charge in [-0.15, -0.1) is 0 Å². The van der Waals surface area contributed by atoms with Gasteiger partial charge in [0, 0.05) is 26.7 Å². The van der Waals surface area contributed by atoms with Crippen LogP contribution in [-0.4, -0.2) is 44.5 Å². The predicted octanol–water partition coefficient (Wildman–Crippen LogP) is 1.14. The molecular formula is C11H24N2O3. The van der Waals surface area contributed by atoms with E-state index in [1.54, 1.807) is 7.11 Å². The van der Waals surface area contributed by atoms with Crippen molar-refractivity contribution in [2.75, 3.05) is 26.7 Å². The summed E-state index contributed by atoms with van der Waals surface area (Å²) in [5, 5.41) is 5.83. The molecule has 0 saturated heterocycles. The van der Waals surface area contributed by atoms with Crippen LogP contribution in [0.2, 0.25) is 0 Å². The summed E-state index contributed by atoms with van der Waals surface area (Å²) in [6.45, 7) is 9.51. The number of carbonyl (C=O) groups is 1. The highest BCUT2D eigenvalue weighted by atomic mass is 16.6. The van der Waals surface area contributed by atoms with Gasteiger partial charge in [0.25, 0.3) is 0 Å². The summed E-state index contributed by atoms with van der Waals surface area (Å²) < 4.78 is 10.2. The van der Waals surface area contributed by atoms with Crippen LogP contribution in [0.3, 0.4) is 0 Å². The number of carbonyl (C=O) groups excluding carboxylic acids is 1. The second-order valence-corrected chi connectivity index (χ2v) is 4.68. The molecule has 0 bridgehead atoms. The third-order valence-electron chi connectivity index (χ3n) is 1.80. The summed E-state index contributed by atoms with van der Waals surface area (Å²) in [5.74, 6) is 0. The minimum Gasteiger partial charge on any atom is -0.444 e. The molecule has 5 heteroatoms. The van der Waals surface area contributed by atoms with Crippen LogP contribution in [0.5, 0.6) is 0 Å². The van der Waals surface area contributed by atoms with Crippen molar-refractivity contribution in [1.82, 2.24) is 10.6 Å². The van der Waals surface area contributed by atoms with E-state index >= 15 is 0 Å². The van der Waals surface area contributed by atoms with Crippen LogP contribution in [0.25, 0.3) is 0 Å². The van der Waals surface area contributed by atoms with E-state index in [2.05, 4.69) is 10.6 Å². The van der Waals surface area contributed by atoms with Gasteiger partial charge in [-0.3, -0.25) is 0 Å². The van der Waals surface area contributed by atoms with E-state index in [1.807, 2.05) is 27.7 Å². The first-order valence-electron chi connectivity index (χ1n) is 5.55. The van der Waals surface area contributed by atoms with Crippen LogP contribution >= 0.6 is 0 Å². The lowest BCUT2D eigenvalue weighted by atomic mass is 10.2. The zero-order chi connectivity index (χ0) is 12.6. The molecule has 1 atom stereocenters. The monoisotopic (exact) mass is 232 g/mol. The van der Waals surface area contributed by atoms with E-state index in [1.165, 1.54) is 0 Å². The normalized spacial score (nSPS) is 13.3. The van der Waals surface area contributed by atoms with Gasteiger partial charge in [0.2, 0.25) is 0 Å². The molecule has 0 heterocycles. The van der Waals surface area contributed by atoms with Gasteiger partial charge in [0.05, 0.1) is 6.10 Å². The van der Waals surface area contributed by atoms with E-state index in [9.17, 15) is 4.79 Å². The zero-order valence-corrected chi connectivity index (χ0v) is 10.9. The molecule has 0 aromatic rings. The van der Waals surface area contributed by atoms with E-state index in [-0.39, 0.29) is 12.2 Å². The van der Waals surface area contributed by atoms with E-state index in [4.69, 9.17) is 9.47 Å². The Morgan fingerprint density at radius 1 is 1.31 bits per heavy atom. The first-order chi connectivity index (χ1) is 7.35. The topological polar surface area (TPSA) is 59.6 Å². The standard InChI is InChI=1S/C11H24N2O3/c1-9(15-5)8-12-6-7-13-10(14)16-11(2,3)4/h9,12H,6-8H2,1-5H3,(H,13,14). The second kappa shape index (κ2) is 7.46. The van der Waals surface area contributed by atoms with E-state index in [0.29, 0.717) is 13.1 Å². The molecule has 1 amide bonds. The van der Waals surface area contributed by atoms with Crippen molar-refractivity contribution >= 4 is 6.09 Å². The minimum atomic E-state index is -0.442. The van der Waals surface area contributed by atoms with Crippen molar-refractivity contribution < 1.29 is 14.3 Å². The van der Waals surface area contributed by atoms with Crippen molar-refractivity contribution in [2.45, 2.75) is 39.4 Å². The lowest BCUT2D eigenvalue weighted by Gasteiger charge is -2.19. The zero-order valence-electron chi connectivity index (χ0n) is 10.9. The van der Waals surface area contributed by atoms with Gasteiger partial charge in [-0.1, -0.05) is 0 Å². The second-order valence-electron chi connectivity index (χ2n) is 4.68. The summed E-state index contributed by atoms with van der Waals surface area (Å²) in [7, 11) is 1.67. The van der Waals surface area contributed by atoms with Gasteiger partial charge in [-0.2, -0.15) is 0 Å². The van der Waals surface area contributed by atoms with Gasteiger partial charge < -0.3 is 20.1 Å². The molecular weight excluding hydrogens is 208 g/mol. The van der Waals surface area contributed by atoms with Crippen molar-refractivity contribution in [3.63, 3.8) is 0 Å². The number of amides is 1. The molecule has 0 fully saturated rings. The molecule has 0 aliphatic heterocycles. The lowest BCUT2D eigenvalue weighted by molar-refractivity contribution is 0.0527. The molecule has 96 valence electrons. The highest BCUT2D eigenvalue weighted by Crippen LogP contribution is 2.05. The molecule has 0 spiro atoms. The van der Waals surface area contributed by atoms with Crippen LogP contribution in [0, 0.1) is 0 Å². The van der Waals surface area contributed by atoms with Crippen molar-refractivity contribution in [3.05, 3.63) is 0 Å². The van der Waals surface area contributed by atoms with Crippen LogP contribution in [0.4, 0.5) is 4.79 Å². The third-order valence-corrected chi connectivity index (χ3v) is 1.80. The van der Waals surface area contributed by atoms with Gasteiger partial charge in [0.1, 0.15) is 5.60 Å². The SMILES string of the molecule is COC(C)CNCCNC(=O)OC(C)(C)C. The highest BCUT2D eigenvalue weighted by molar-refractivity contribution is 5.67. The fourth-order valence-corrected chi connectivity index (χ4v) is 0.956. The molecule has 16 heavy (non-hydrogen) atoms. The third kappa shape index (κ3) is 9.73. The number of alkyl carbamates (subject to hydrolysis) is 1. The Bertz CT molecular complexity index is 202. The number of hydrogen-bond acceptors (Lipinski definition) is 4. The lowest BCUT2D eigenvalue weighted by Crippen LogP contribution is -2.37. The highest BCUT2D eigenvalue weighted by Gasteiger charge is 2.15. The van der Waals surface area contributed by atoms with Gasteiger partial charge in [-0.05, 0) is 27.7 Å². The van der Waals surface area contributed by atoms with Crippen molar-refractivity contribution in [3.8, 4) is 0 Å². The van der Waals surface area contributed by atoms with Gasteiger partial charge in [-0.25, -0.2) is 4.79 Å². The molecule has 2 N–H and O–H groups in total. The Balaban J connectivity index is 3.42. The molecule has 0 aliphatic carbocycles. The molecule has 0 aromatic carbocycles. The fourth-order valence-electron chi connectivity index (χ4n) is 0.956. The maximum atomic E-state index is 11.2. The molecule has 0 aliphatic rings. The number of hydrogen-bond donors (Lipinski definition) is 2. The number of nitrogens with one attached hydrogen (secondary N) is 2. The van der Waals surface area contributed by atoms with Crippen LogP contribution in [0.15, 0.2) is 0 Å². The summed E-state index contributed by atoms with van der Waals surface area (Å²) >= 11 is 0. The number of rotatable bonds is 6. The largest absolute Gasteiger partial charge is 0.444 e. The molecule has 0 radical (unpaired) electrons. The Morgan fingerprint density at radius 2 is 1.94 bits per heavy atom. The predicted molar refractivity (Wildman–Crippen MR) is 63.6 cm³/mol. The Hall–Kier alpha value is -0.810. The van der Waals surface area contributed by atoms with Crippen molar-refractivity contribution in [2.24, 2.45) is 0 Å². The van der Waals surface area contributed by atoms with Crippen molar-refractivity contribution in [1.29, 1.82) is 0 Å². The molecule has 0 saturated carbocycles. The quantitative estimate of drug-likeness (QED) is 0.674. The molecule has 0 aromatic heterocycles. The summed E-state index contributed by atoms with van der Waals surface area (Å²) in [6.07, 6.45) is -0.199. The van der Waals surface area contributed by atoms with E-state index < -0.39 is 5.60 Å². The Morgan fingerprint density at radius 3 is 2.44 bits per heavy atom. The minimum absolute atomic E-state index is 0.182. The number of ether oxygens (including phenoxy) is 2. The Kier molecular flexibility index (Phi) is 7.08. The molecule has 0 rings (SSSR count). The fraction of sp³-hybridized carbons (Fsp3) is 0.909. The maximum absolute atomic E-state index is 11.2. The summed E-state index contributed by atoms with van der Waals surface area (Å²) in [6, 6.07) is 0. The first kappa shape index (κ1) is 15.2. The van der Waals surface area contributed by atoms with Crippen LogP contribution in [0.1, 0.15) is 27.7 Å². The smallest absolute Gasteiger partial charge is 0.407 e. The summed E-state index contributed by atoms with van der Waals surface area (Å²) in [5.41, 5.74) is -0.442. The average molecular weight is 232 g/mol. The molecule has 5 nitrogen and oxygen atoms in total. The van der Waals surface area contributed by atoms with Gasteiger partial charge in [0.15, 0.2) is 0 Å². The van der Waals surface area contributed by atoms with Crippen LogP contribution < -0.4 is 10.6 Å². The van der Waals surface area contributed by atoms with Crippen LogP contribution in [-0.2, 0) is 9.47 Å². The number of methoxy groups -OCH3 is 1. The van der Waals surface area contributed by atoms with E-state index in [0.717, 1.165) is 6.54 Å². The van der Waals surface area contributed by atoms with Gasteiger partial charge >= 0.3 is 6.09 Å². The summed E-state index contributed by atoms with van der Waals surface area (Å²) in [4.78, 5) is 11.2. The Labute approximate surface area is 97.9 Å². The first-order valence-corrected chi connectivity index (χ1v) is 5.55. The average Bonchev–Trinajstić information content (AvgIpc) is 2.14. The molecule has 1 unspecified atom stereocenters. The maximum Gasteiger partial charge on any atom is 0.407 e.